The summed E-state index contributed by atoms with van der Waals surface area (Å²) in [6, 6.07) is 24.6. The van der Waals surface area contributed by atoms with Gasteiger partial charge in [0.2, 0.25) is 5.91 Å². The first-order chi connectivity index (χ1) is 17.0. The summed E-state index contributed by atoms with van der Waals surface area (Å²) in [7, 11) is 0. The summed E-state index contributed by atoms with van der Waals surface area (Å²) in [4.78, 5) is 38.6. The van der Waals surface area contributed by atoms with Crippen LogP contribution in [-0.2, 0) is 40.3 Å². The van der Waals surface area contributed by atoms with Gasteiger partial charge in [-0.05, 0) is 53.6 Å². The predicted molar refractivity (Wildman–Crippen MR) is 129 cm³/mol. The van der Waals surface area contributed by atoms with Gasteiger partial charge in [-0.2, -0.15) is 0 Å². The number of carbonyl (C=O) groups is 3. The first-order valence-corrected chi connectivity index (χ1v) is 11.6. The molecule has 2 amide bonds. The second-order valence-corrected chi connectivity index (χ2v) is 8.64. The fraction of sp³-hybridized carbons (Fsp3) is 0.250. The Morgan fingerprint density at radius 1 is 0.943 bits per heavy atom. The number of hydrogen-bond acceptors (Lipinski definition) is 5. The van der Waals surface area contributed by atoms with E-state index in [1.165, 1.54) is 0 Å². The second-order valence-electron chi connectivity index (χ2n) is 8.64. The Morgan fingerprint density at radius 3 is 2.31 bits per heavy atom. The van der Waals surface area contributed by atoms with Crippen molar-refractivity contribution in [3.05, 3.63) is 101 Å². The minimum Gasteiger partial charge on any atom is -0.550 e. The number of aliphatic carboxylic acids is 1. The molecule has 0 bridgehead atoms. The van der Waals surface area contributed by atoms with Crippen LogP contribution in [0.15, 0.2) is 78.9 Å². The molecule has 0 fully saturated rings. The highest BCUT2D eigenvalue weighted by molar-refractivity contribution is 5.86. The standard InChI is InChI=1S/C28H28N2O5/c31-26(32)17-24-15-23-16-25(29-28(34)35-19-21-9-5-2-6-10-21)12-11-22(23)18-30(27(24)33)14-13-20-7-3-1-4-8-20/h1-12,16,24H,13-15,17-19H2,(H,29,34)(H,31,32)/p-1. The van der Waals surface area contributed by atoms with Crippen LogP contribution in [0, 0.1) is 5.92 Å². The summed E-state index contributed by atoms with van der Waals surface area (Å²) >= 11 is 0. The maximum Gasteiger partial charge on any atom is 0.411 e. The molecule has 1 aliphatic heterocycles. The number of fused-ring (bicyclic) bond motifs is 1. The first kappa shape index (κ1) is 24.0. The molecule has 7 nitrogen and oxygen atoms in total. The van der Waals surface area contributed by atoms with Crippen LogP contribution in [0.4, 0.5) is 10.5 Å². The van der Waals surface area contributed by atoms with Gasteiger partial charge in [-0.15, -0.1) is 0 Å². The molecule has 3 aromatic carbocycles. The maximum absolute atomic E-state index is 13.2. The second kappa shape index (κ2) is 11.3. The largest absolute Gasteiger partial charge is 0.550 e. The zero-order valence-electron chi connectivity index (χ0n) is 19.3. The highest BCUT2D eigenvalue weighted by atomic mass is 16.5. The van der Waals surface area contributed by atoms with Crippen molar-refractivity contribution in [3.63, 3.8) is 0 Å². The summed E-state index contributed by atoms with van der Waals surface area (Å²) in [6.45, 7) is 1.01. The number of ether oxygens (including phenoxy) is 1. The van der Waals surface area contributed by atoms with Gasteiger partial charge in [0.1, 0.15) is 6.61 Å². The van der Waals surface area contributed by atoms with E-state index in [1.807, 2.05) is 66.7 Å². The van der Waals surface area contributed by atoms with E-state index in [2.05, 4.69) is 5.32 Å². The highest BCUT2D eigenvalue weighted by Gasteiger charge is 2.29. The predicted octanol–water partition coefficient (Wildman–Crippen LogP) is 3.32. The fourth-order valence-electron chi connectivity index (χ4n) is 4.28. The molecule has 180 valence electrons. The lowest BCUT2D eigenvalue weighted by molar-refractivity contribution is -0.306. The van der Waals surface area contributed by atoms with Crippen molar-refractivity contribution in [1.82, 2.24) is 4.90 Å². The van der Waals surface area contributed by atoms with Crippen LogP contribution < -0.4 is 10.4 Å². The summed E-state index contributed by atoms with van der Waals surface area (Å²) in [6.07, 6.45) is -0.00302. The molecule has 0 saturated carbocycles. The van der Waals surface area contributed by atoms with Gasteiger partial charge in [0.25, 0.3) is 0 Å². The Labute approximate surface area is 204 Å². The number of carboxylic acids is 1. The van der Waals surface area contributed by atoms with E-state index < -0.39 is 18.0 Å². The van der Waals surface area contributed by atoms with Crippen LogP contribution in [0.1, 0.15) is 28.7 Å². The minimum atomic E-state index is -1.26. The number of rotatable bonds is 8. The molecule has 1 atom stereocenters. The van der Waals surface area contributed by atoms with Crippen molar-refractivity contribution in [3.8, 4) is 0 Å². The summed E-state index contributed by atoms with van der Waals surface area (Å²) < 4.78 is 5.28. The average Bonchev–Trinajstić information content (AvgIpc) is 2.98. The van der Waals surface area contributed by atoms with Crippen molar-refractivity contribution in [1.29, 1.82) is 0 Å². The first-order valence-electron chi connectivity index (χ1n) is 11.6. The Balaban J connectivity index is 1.47. The number of nitrogens with zero attached hydrogens (tertiary/aromatic N) is 1. The maximum atomic E-state index is 13.2. The van der Waals surface area contributed by atoms with E-state index >= 15 is 0 Å². The van der Waals surface area contributed by atoms with Gasteiger partial charge < -0.3 is 19.5 Å². The smallest absolute Gasteiger partial charge is 0.411 e. The lowest BCUT2D eigenvalue weighted by atomic mass is 9.94. The molecule has 1 N–H and O–H groups in total. The Morgan fingerprint density at radius 2 is 1.63 bits per heavy atom. The summed E-state index contributed by atoms with van der Waals surface area (Å²) in [5.74, 6) is -2.18. The molecule has 7 heteroatoms. The van der Waals surface area contributed by atoms with Gasteiger partial charge in [0.15, 0.2) is 0 Å². The molecular weight excluding hydrogens is 444 g/mol. The molecule has 4 rings (SSSR count). The number of carboxylic acid groups (broad SMARTS) is 1. The van der Waals surface area contributed by atoms with Gasteiger partial charge in [-0.25, -0.2) is 4.79 Å². The van der Waals surface area contributed by atoms with Crippen LogP contribution in [-0.4, -0.2) is 29.4 Å². The van der Waals surface area contributed by atoms with Crippen LogP contribution >= 0.6 is 0 Å². The van der Waals surface area contributed by atoms with Crippen LogP contribution in [0.2, 0.25) is 0 Å². The molecule has 35 heavy (non-hydrogen) atoms. The normalized spacial score (nSPS) is 15.1. The molecule has 1 aliphatic rings. The van der Waals surface area contributed by atoms with Crippen LogP contribution in [0.5, 0.6) is 0 Å². The summed E-state index contributed by atoms with van der Waals surface area (Å²) in [5, 5.41) is 14.1. The topological polar surface area (TPSA) is 98.8 Å². The van der Waals surface area contributed by atoms with Gasteiger partial charge in [-0.3, -0.25) is 10.1 Å². The lowest BCUT2D eigenvalue weighted by Crippen LogP contribution is -2.38. The van der Waals surface area contributed by atoms with E-state index in [4.69, 9.17) is 4.74 Å². The van der Waals surface area contributed by atoms with E-state index in [9.17, 15) is 19.5 Å². The van der Waals surface area contributed by atoms with Gasteiger partial charge >= 0.3 is 6.09 Å². The number of amides is 2. The lowest BCUT2D eigenvalue weighted by Gasteiger charge is -2.25. The van der Waals surface area contributed by atoms with Crippen molar-refractivity contribution < 1.29 is 24.2 Å². The van der Waals surface area contributed by atoms with E-state index in [-0.39, 0.29) is 25.4 Å². The average molecular weight is 472 g/mol. The molecule has 0 saturated heterocycles. The number of hydrogen-bond donors (Lipinski definition) is 1. The van der Waals surface area contributed by atoms with Crippen molar-refractivity contribution in [2.45, 2.75) is 32.4 Å². The number of benzene rings is 3. The third-order valence-corrected chi connectivity index (χ3v) is 6.08. The monoisotopic (exact) mass is 471 g/mol. The molecule has 1 unspecified atom stereocenters. The molecule has 0 aromatic heterocycles. The van der Waals surface area contributed by atoms with E-state index in [0.29, 0.717) is 25.2 Å². The van der Waals surface area contributed by atoms with E-state index in [1.54, 1.807) is 17.0 Å². The van der Waals surface area contributed by atoms with Gasteiger partial charge in [0.05, 0.1) is 0 Å². The third-order valence-electron chi connectivity index (χ3n) is 6.08. The molecular formula is C28H27N2O5-. The highest BCUT2D eigenvalue weighted by Crippen LogP contribution is 2.28. The molecule has 0 spiro atoms. The van der Waals surface area contributed by atoms with Crippen molar-refractivity contribution in [2.75, 3.05) is 11.9 Å². The van der Waals surface area contributed by atoms with Crippen LogP contribution in [0.25, 0.3) is 0 Å². The van der Waals surface area contributed by atoms with Crippen molar-refractivity contribution >= 4 is 23.7 Å². The quantitative estimate of drug-likeness (QED) is 0.543. The Kier molecular flexibility index (Phi) is 7.77. The molecule has 1 heterocycles. The SMILES string of the molecule is O=C([O-])CC1Cc2cc(NC(=O)OCc3ccccc3)ccc2CN(CCc2ccccc2)C1=O. The zero-order chi connectivity index (χ0) is 24.6. The minimum absolute atomic E-state index is 0.149. The zero-order valence-corrected chi connectivity index (χ0v) is 19.3. The van der Waals surface area contributed by atoms with Crippen LogP contribution in [0.3, 0.4) is 0 Å². The molecule has 0 aliphatic carbocycles. The van der Waals surface area contributed by atoms with Crippen molar-refractivity contribution in [2.24, 2.45) is 5.92 Å². The van der Waals surface area contributed by atoms with Gasteiger partial charge in [0, 0.05) is 30.7 Å². The van der Waals surface area contributed by atoms with E-state index in [0.717, 1.165) is 22.3 Å². The fourth-order valence-corrected chi connectivity index (χ4v) is 4.28. The Hall–Kier alpha value is -4.13. The third kappa shape index (κ3) is 6.69. The number of carbonyl (C=O) groups excluding carboxylic acids is 3. The molecule has 0 radical (unpaired) electrons. The molecule has 3 aromatic rings. The van der Waals surface area contributed by atoms with Gasteiger partial charge in [-0.1, -0.05) is 66.7 Å². The Bertz CT molecular complexity index is 1180. The number of anilines is 1. The number of nitrogens with one attached hydrogen (secondary N) is 1. The summed E-state index contributed by atoms with van der Waals surface area (Å²) in [5.41, 5.74) is 4.26.